The summed E-state index contributed by atoms with van der Waals surface area (Å²) in [6.45, 7) is 5.51. The van der Waals surface area contributed by atoms with E-state index in [0.717, 1.165) is 17.4 Å². The fourth-order valence-electron chi connectivity index (χ4n) is 2.20. The minimum absolute atomic E-state index is 0.124. The van der Waals surface area contributed by atoms with Gasteiger partial charge in [0.1, 0.15) is 11.9 Å². The molecule has 114 valence electrons. The van der Waals surface area contributed by atoms with E-state index in [0.29, 0.717) is 24.5 Å². The predicted octanol–water partition coefficient (Wildman–Crippen LogP) is 1.63. The summed E-state index contributed by atoms with van der Waals surface area (Å²) in [6, 6.07) is 1.27. The van der Waals surface area contributed by atoms with Crippen molar-refractivity contribution in [1.29, 1.82) is 0 Å². The number of pyridine rings is 1. The highest BCUT2D eigenvalue weighted by atomic mass is 79.9. The van der Waals surface area contributed by atoms with Gasteiger partial charge in [-0.1, -0.05) is 6.92 Å². The molecule has 1 fully saturated rings. The van der Waals surface area contributed by atoms with Crippen LogP contribution in [0.25, 0.3) is 0 Å². The maximum Gasteiger partial charge on any atom is 0.258 e. The topological polar surface area (TPSA) is 74.3 Å². The number of nitrogens with one attached hydrogen (secondary N) is 2. The fraction of sp³-hybridized carbons (Fsp3) is 0.500. The lowest BCUT2D eigenvalue weighted by molar-refractivity contribution is -0.127. The van der Waals surface area contributed by atoms with Crippen LogP contribution >= 0.6 is 15.9 Å². The second-order valence-corrected chi connectivity index (χ2v) is 5.86. The van der Waals surface area contributed by atoms with Gasteiger partial charge in [0.2, 0.25) is 5.91 Å². The quantitative estimate of drug-likeness (QED) is 0.861. The minimum Gasteiger partial charge on any atom is -0.369 e. The summed E-state index contributed by atoms with van der Waals surface area (Å²) in [5, 5.41) is 5.91. The van der Waals surface area contributed by atoms with Gasteiger partial charge in [-0.2, -0.15) is 0 Å². The summed E-state index contributed by atoms with van der Waals surface area (Å²) in [4.78, 5) is 30.3. The maximum absolute atomic E-state index is 12.7. The average Bonchev–Trinajstić information content (AvgIpc) is 2.48. The number of hydrogen-bond acceptors (Lipinski definition) is 4. The zero-order valence-corrected chi connectivity index (χ0v) is 13.7. The molecule has 0 saturated carbocycles. The SMILES string of the molecule is CCCNc1ncc(Br)cc1C(=O)N1CCNC(=O)C1C. The third-order valence-electron chi connectivity index (χ3n) is 3.39. The largest absolute Gasteiger partial charge is 0.369 e. The van der Waals surface area contributed by atoms with E-state index < -0.39 is 6.04 Å². The highest BCUT2D eigenvalue weighted by Crippen LogP contribution is 2.21. The highest BCUT2D eigenvalue weighted by molar-refractivity contribution is 9.10. The first-order valence-corrected chi connectivity index (χ1v) is 7.82. The molecule has 7 heteroatoms. The van der Waals surface area contributed by atoms with E-state index in [1.807, 2.05) is 6.92 Å². The molecule has 0 aromatic carbocycles. The first-order valence-electron chi connectivity index (χ1n) is 7.02. The Balaban J connectivity index is 2.28. The van der Waals surface area contributed by atoms with Crippen molar-refractivity contribution in [2.75, 3.05) is 25.0 Å². The molecular formula is C14H19BrN4O2. The Hall–Kier alpha value is -1.63. The molecule has 1 aromatic rings. The number of hydrogen-bond donors (Lipinski definition) is 2. The van der Waals surface area contributed by atoms with E-state index in [2.05, 4.69) is 31.5 Å². The summed E-state index contributed by atoms with van der Waals surface area (Å²) in [5.41, 5.74) is 0.486. The van der Waals surface area contributed by atoms with E-state index in [9.17, 15) is 9.59 Å². The number of carbonyl (C=O) groups excluding carboxylic acids is 2. The average molecular weight is 355 g/mol. The monoisotopic (exact) mass is 354 g/mol. The number of rotatable bonds is 4. The Morgan fingerprint density at radius 2 is 2.38 bits per heavy atom. The van der Waals surface area contributed by atoms with Crippen molar-refractivity contribution >= 4 is 33.6 Å². The molecule has 2 heterocycles. The Morgan fingerprint density at radius 3 is 3.10 bits per heavy atom. The molecular weight excluding hydrogens is 336 g/mol. The van der Waals surface area contributed by atoms with Gasteiger partial charge in [-0.05, 0) is 35.3 Å². The third-order valence-corrected chi connectivity index (χ3v) is 3.82. The molecule has 2 N–H and O–H groups in total. The summed E-state index contributed by atoms with van der Waals surface area (Å²) >= 11 is 3.34. The first kappa shape index (κ1) is 15.8. The Bertz CT molecular complexity index is 550. The van der Waals surface area contributed by atoms with E-state index >= 15 is 0 Å². The molecule has 1 unspecified atom stereocenters. The van der Waals surface area contributed by atoms with E-state index in [4.69, 9.17) is 0 Å². The standard InChI is InChI=1S/C14H19BrN4O2/c1-3-4-16-12-11(7-10(15)8-18-12)14(21)19-6-5-17-13(20)9(19)2/h7-9H,3-6H2,1-2H3,(H,16,18)(H,17,20). The highest BCUT2D eigenvalue weighted by Gasteiger charge is 2.31. The van der Waals surface area contributed by atoms with Gasteiger partial charge in [0.15, 0.2) is 0 Å². The van der Waals surface area contributed by atoms with E-state index in [-0.39, 0.29) is 11.8 Å². The molecule has 0 bridgehead atoms. The van der Waals surface area contributed by atoms with E-state index in [1.165, 1.54) is 0 Å². The van der Waals surface area contributed by atoms with Crippen LogP contribution < -0.4 is 10.6 Å². The normalized spacial score (nSPS) is 18.3. The van der Waals surface area contributed by atoms with Gasteiger partial charge >= 0.3 is 0 Å². The van der Waals surface area contributed by atoms with Crippen molar-refractivity contribution < 1.29 is 9.59 Å². The van der Waals surface area contributed by atoms with Crippen molar-refractivity contribution in [3.8, 4) is 0 Å². The first-order chi connectivity index (χ1) is 10.0. The van der Waals surface area contributed by atoms with Crippen LogP contribution in [0, 0.1) is 0 Å². The molecule has 6 nitrogen and oxygen atoms in total. The Morgan fingerprint density at radius 1 is 1.62 bits per heavy atom. The molecule has 0 radical (unpaired) electrons. The summed E-state index contributed by atoms with van der Waals surface area (Å²) in [7, 11) is 0. The third kappa shape index (κ3) is 3.53. The molecule has 0 aliphatic carbocycles. The number of piperazine rings is 1. The van der Waals surface area contributed by atoms with Crippen LogP contribution in [-0.4, -0.2) is 47.4 Å². The summed E-state index contributed by atoms with van der Waals surface area (Å²) < 4.78 is 0.738. The number of carbonyl (C=O) groups is 2. The van der Waals surface area contributed by atoms with Crippen molar-refractivity contribution in [2.45, 2.75) is 26.3 Å². The number of nitrogens with zero attached hydrogens (tertiary/aromatic N) is 2. The molecule has 2 amide bonds. The van der Waals surface area contributed by atoms with Crippen LogP contribution in [0.4, 0.5) is 5.82 Å². The Kier molecular flexibility index (Phi) is 5.17. The number of halogens is 1. The molecule has 1 aromatic heterocycles. The summed E-state index contributed by atoms with van der Waals surface area (Å²) in [5.74, 6) is 0.258. The van der Waals surface area contributed by atoms with E-state index in [1.54, 1.807) is 24.1 Å². The molecule has 21 heavy (non-hydrogen) atoms. The van der Waals surface area contributed by atoms with Gasteiger partial charge in [0, 0.05) is 30.3 Å². The second-order valence-electron chi connectivity index (χ2n) is 4.94. The van der Waals surface area contributed by atoms with Gasteiger partial charge < -0.3 is 15.5 Å². The van der Waals surface area contributed by atoms with Gasteiger partial charge in [-0.15, -0.1) is 0 Å². The second kappa shape index (κ2) is 6.89. The van der Waals surface area contributed by atoms with Gasteiger partial charge in [-0.25, -0.2) is 4.98 Å². The molecule has 0 spiro atoms. The zero-order chi connectivity index (χ0) is 15.4. The number of amides is 2. The molecule has 1 aliphatic rings. The lowest BCUT2D eigenvalue weighted by Crippen LogP contribution is -2.55. The minimum atomic E-state index is -0.468. The Labute approximate surface area is 132 Å². The zero-order valence-electron chi connectivity index (χ0n) is 12.1. The van der Waals surface area contributed by atoms with Gasteiger partial charge in [0.25, 0.3) is 5.91 Å². The van der Waals surface area contributed by atoms with Crippen molar-refractivity contribution in [3.63, 3.8) is 0 Å². The molecule has 1 atom stereocenters. The smallest absolute Gasteiger partial charge is 0.258 e. The van der Waals surface area contributed by atoms with Gasteiger partial charge in [-0.3, -0.25) is 9.59 Å². The lowest BCUT2D eigenvalue weighted by Gasteiger charge is -2.33. The summed E-state index contributed by atoms with van der Waals surface area (Å²) in [6.07, 6.45) is 2.59. The molecule has 2 rings (SSSR count). The number of aromatic nitrogens is 1. The number of anilines is 1. The van der Waals surface area contributed by atoms with Crippen molar-refractivity contribution in [1.82, 2.24) is 15.2 Å². The fourth-order valence-corrected chi connectivity index (χ4v) is 2.53. The van der Waals surface area contributed by atoms with Crippen LogP contribution in [0.1, 0.15) is 30.6 Å². The maximum atomic E-state index is 12.7. The lowest BCUT2D eigenvalue weighted by atomic mass is 10.1. The van der Waals surface area contributed by atoms with Crippen LogP contribution in [0.3, 0.4) is 0 Å². The van der Waals surface area contributed by atoms with Crippen LogP contribution in [0.2, 0.25) is 0 Å². The predicted molar refractivity (Wildman–Crippen MR) is 84.2 cm³/mol. The molecule has 1 saturated heterocycles. The van der Waals surface area contributed by atoms with Gasteiger partial charge in [0.05, 0.1) is 5.56 Å². The molecule has 1 aliphatic heterocycles. The van der Waals surface area contributed by atoms with Crippen molar-refractivity contribution in [3.05, 3.63) is 22.3 Å². The van der Waals surface area contributed by atoms with Crippen LogP contribution in [-0.2, 0) is 4.79 Å². The van der Waals surface area contributed by atoms with Crippen LogP contribution in [0.15, 0.2) is 16.7 Å². The van der Waals surface area contributed by atoms with Crippen molar-refractivity contribution in [2.24, 2.45) is 0 Å². The van der Waals surface area contributed by atoms with Crippen LogP contribution in [0.5, 0.6) is 0 Å².